The number of ether oxygens (including phenoxy) is 1. The first-order valence-corrected chi connectivity index (χ1v) is 6.90. The van der Waals surface area contributed by atoms with Crippen LogP contribution in [0.25, 0.3) is 0 Å². The maximum absolute atomic E-state index is 11.9. The van der Waals surface area contributed by atoms with E-state index in [9.17, 15) is 14.4 Å². The lowest BCUT2D eigenvalue weighted by Crippen LogP contribution is -2.39. The highest BCUT2D eigenvalue weighted by atomic mass is 35.5. The molecule has 6 nitrogen and oxygen atoms in total. The van der Waals surface area contributed by atoms with Gasteiger partial charge in [-0.2, -0.15) is 0 Å². The van der Waals surface area contributed by atoms with E-state index in [-0.39, 0.29) is 5.91 Å². The van der Waals surface area contributed by atoms with Crippen LogP contribution >= 0.6 is 11.6 Å². The Morgan fingerprint density at radius 3 is 2.86 bits per heavy atom. The van der Waals surface area contributed by atoms with Gasteiger partial charge >= 0.3 is 5.97 Å². The van der Waals surface area contributed by atoms with Gasteiger partial charge in [0.15, 0.2) is 6.10 Å². The van der Waals surface area contributed by atoms with Gasteiger partial charge in [-0.3, -0.25) is 9.59 Å². The van der Waals surface area contributed by atoms with Gasteiger partial charge in [-0.25, -0.2) is 4.79 Å². The summed E-state index contributed by atoms with van der Waals surface area (Å²) in [5, 5.41) is 5.58. The van der Waals surface area contributed by atoms with E-state index in [1.807, 2.05) is 0 Å². The van der Waals surface area contributed by atoms with Crippen LogP contribution in [0.3, 0.4) is 0 Å². The van der Waals surface area contributed by atoms with Crippen molar-refractivity contribution in [3.8, 4) is 0 Å². The monoisotopic (exact) mass is 310 g/mol. The Balaban J connectivity index is 1.87. The van der Waals surface area contributed by atoms with E-state index < -0.39 is 24.0 Å². The number of anilines is 1. The van der Waals surface area contributed by atoms with Crippen LogP contribution in [0.5, 0.6) is 0 Å². The lowest BCUT2D eigenvalue weighted by molar-refractivity contribution is -0.155. The van der Waals surface area contributed by atoms with E-state index >= 15 is 0 Å². The molecule has 112 valence electrons. The SMILES string of the molecule is C[C@H](OC(=O)[C@H]1CCC(=O)N1)C(=O)Nc1cccc(Cl)c1. The Morgan fingerprint density at radius 1 is 1.48 bits per heavy atom. The number of hydrogen-bond donors (Lipinski definition) is 2. The second-order valence-corrected chi connectivity index (χ2v) is 5.17. The van der Waals surface area contributed by atoms with Gasteiger partial charge in [0, 0.05) is 17.1 Å². The van der Waals surface area contributed by atoms with Crippen molar-refractivity contribution in [1.29, 1.82) is 0 Å². The zero-order chi connectivity index (χ0) is 15.4. The quantitative estimate of drug-likeness (QED) is 0.825. The Kier molecular flexibility index (Phi) is 4.80. The number of esters is 1. The number of halogens is 1. The smallest absolute Gasteiger partial charge is 0.329 e. The van der Waals surface area contributed by atoms with Crippen LogP contribution in [0.2, 0.25) is 5.02 Å². The third kappa shape index (κ3) is 4.19. The third-order valence-corrected chi connectivity index (χ3v) is 3.27. The summed E-state index contributed by atoms with van der Waals surface area (Å²) in [6.45, 7) is 1.47. The minimum atomic E-state index is -0.964. The first kappa shape index (κ1) is 15.3. The summed E-state index contributed by atoms with van der Waals surface area (Å²) in [4.78, 5) is 34.7. The van der Waals surface area contributed by atoms with Crippen molar-refractivity contribution >= 4 is 35.1 Å². The first-order chi connectivity index (χ1) is 9.95. The highest BCUT2D eigenvalue weighted by molar-refractivity contribution is 6.30. The summed E-state index contributed by atoms with van der Waals surface area (Å²) in [5.74, 6) is -1.25. The van der Waals surface area contributed by atoms with Gasteiger partial charge in [-0.05, 0) is 31.5 Å². The van der Waals surface area contributed by atoms with Crippen LogP contribution in [0.15, 0.2) is 24.3 Å². The molecule has 0 unspecified atom stereocenters. The normalized spacial score (nSPS) is 18.8. The summed E-state index contributed by atoms with van der Waals surface area (Å²) < 4.78 is 5.05. The lowest BCUT2D eigenvalue weighted by Gasteiger charge is -2.16. The summed E-state index contributed by atoms with van der Waals surface area (Å²) in [6, 6.07) is 5.98. The molecule has 2 atom stereocenters. The molecule has 21 heavy (non-hydrogen) atoms. The van der Waals surface area contributed by atoms with Gasteiger partial charge < -0.3 is 15.4 Å². The molecule has 1 aliphatic heterocycles. The number of carbonyl (C=O) groups excluding carboxylic acids is 3. The van der Waals surface area contributed by atoms with Crippen LogP contribution in [-0.4, -0.2) is 29.9 Å². The average Bonchev–Trinajstić information content (AvgIpc) is 2.85. The zero-order valence-electron chi connectivity index (χ0n) is 11.4. The summed E-state index contributed by atoms with van der Waals surface area (Å²) in [7, 11) is 0. The van der Waals surface area contributed by atoms with E-state index in [1.54, 1.807) is 24.3 Å². The maximum Gasteiger partial charge on any atom is 0.329 e. The van der Waals surface area contributed by atoms with Gasteiger partial charge in [-0.15, -0.1) is 0 Å². The van der Waals surface area contributed by atoms with E-state index in [1.165, 1.54) is 6.92 Å². The van der Waals surface area contributed by atoms with Crippen molar-refractivity contribution in [3.63, 3.8) is 0 Å². The fourth-order valence-electron chi connectivity index (χ4n) is 1.91. The molecule has 0 bridgehead atoms. The van der Waals surface area contributed by atoms with Crippen molar-refractivity contribution in [3.05, 3.63) is 29.3 Å². The number of benzene rings is 1. The molecule has 2 N–H and O–H groups in total. The number of rotatable bonds is 4. The summed E-state index contributed by atoms with van der Waals surface area (Å²) in [6.07, 6.45) is -0.280. The van der Waals surface area contributed by atoms with Crippen LogP contribution in [-0.2, 0) is 19.1 Å². The average molecular weight is 311 g/mol. The lowest BCUT2D eigenvalue weighted by atomic mass is 10.2. The first-order valence-electron chi connectivity index (χ1n) is 6.52. The molecule has 1 aliphatic rings. The molecule has 2 rings (SSSR count). The Bertz CT molecular complexity index is 576. The largest absolute Gasteiger partial charge is 0.451 e. The molecule has 1 heterocycles. The fourth-order valence-corrected chi connectivity index (χ4v) is 2.10. The van der Waals surface area contributed by atoms with E-state index in [0.29, 0.717) is 23.6 Å². The van der Waals surface area contributed by atoms with Crippen LogP contribution < -0.4 is 10.6 Å². The molecular formula is C14H15ClN2O4. The third-order valence-electron chi connectivity index (χ3n) is 3.03. The highest BCUT2D eigenvalue weighted by Crippen LogP contribution is 2.15. The Labute approximate surface area is 126 Å². The van der Waals surface area contributed by atoms with E-state index in [2.05, 4.69) is 10.6 Å². The van der Waals surface area contributed by atoms with Gasteiger partial charge in [0.05, 0.1) is 0 Å². The molecule has 1 fully saturated rings. The zero-order valence-corrected chi connectivity index (χ0v) is 12.1. The number of amides is 2. The number of carbonyl (C=O) groups is 3. The van der Waals surface area contributed by atoms with Gasteiger partial charge in [0.1, 0.15) is 6.04 Å². The topological polar surface area (TPSA) is 84.5 Å². The molecule has 2 amide bonds. The molecule has 0 aromatic heterocycles. The second-order valence-electron chi connectivity index (χ2n) is 4.74. The minimum Gasteiger partial charge on any atom is -0.451 e. The number of nitrogens with one attached hydrogen (secondary N) is 2. The van der Waals surface area contributed by atoms with Crippen molar-refractivity contribution in [1.82, 2.24) is 5.32 Å². The standard InChI is InChI=1S/C14H15ClN2O4/c1-8(21-14(20)11-5-6-12(18)17-11)13(19)16-10-4-2-3-9(15)7-10/h2-4,7-8,11H,5-6H2,1H3,(H,16,19)(H,17,18)/t8-,11+/m0/s1. The molecule has 0 saturated carbocycles. The minimum absolute atomic E-state index is 0.187. The van der Waals surface area contributed by atoms with Crippen molar-refractivity contribution in [2.45, 2.75) is 31.9 Å². The molecule has 0 radical (unpaired) electrons. The summed E-state index contributed by atoms with van der Waals surface area (Å²) >= 11 is 5.82. The van der Waals surface area contributed by atoms with Gasteiger partial charge in [-0.1, -0.05) is 17.7 Å². The molecule has 0 spiro atoms. The molecule has 1 aromatic rings. The second kappa shape index (κ2) is 6.58. The van der Waals surface area contributed by atoms with Crippen molar-refractivity contribution in [2.75, 3.05) is 5.32 Å². The van der Waals surface area contributed by atoms with Gasteiger partial charge in [0.2, 0.25) is 5.91 Å². The van der Waals surface area contributed by atoms with Gasteiger partial charge in [0.25, 0.3) is 5.91 Å². The van der Waals surface area contributed by atoms with Crippen LogP contribution in [0, 0.1) is 0 Å². The fraction of sp³-hybridized carbons (Fsp3) is 0.357. The van der Waals surface area contributed by atoms with E-state index in [4.69, 9.17) is 16.3 Å². The molecule has 0 aliphatic carbocycles. The Morgan fingerprint density at radius 2 is 2.24 bits per heavy atom. The molecular weight excluding hydrogens is 296 g/mol. The Hall–Kier alpha value is -2.08. The van der Waals surface area contributed by atoms with Crippen LogP contribution in [0.4, 0.5) is 5.69 Å². The predicted molar refractivity (Wildman–Crippen MR) is 76.8 cm³/mol. The number of hydrogen-bond acceptors (Lipinski definition) is 4. The molecule has 1 saturated heterocycles. The van der Waals surface area contributed by atoms with Crippen molar-refractivity contribution in [2.24, 2.45) is 0 Å². The predicted octanol–water partition coefficient (Wildman–Crippen LogP) is 1.49. The molecule has 7 heteroatoms. The molecule has 1 aromatic carbocycles. The van der Waals surface area contributed by atoms with E-state index in [0.717, 1.165) is 0 Å². The maximum atomic E-state index is 11.9. The summed E-state index contributed by atoms with van der Waals surface area (Å²) in [5.41, 5.74) is 0.518. The highest BCUT2D eigenvalue weighted by Gasteiger charge is 2.30. The van der Waals surface area contributed by atoms with Crippen LogP contribution in [0.1, 0.15) is 19.8 Å². The van der Waals surface area contributed by atoms with Crippen molar-refractivity contribution < 1.29 is 19.1 Å².